The van der Waals surface area contributed by atoms with Crippen LogP contribution in [-0.4, -0.2) is 10.9 Å². The van der Waals surface area contributed by atoms with E-state index in [1.165, 1.54) is 12.3 Å². The van der Waals surface area contributed by atoms with Crippen LogP contribution in [0, 0.1) is 5.92 Å². The highest BCUT2D eigenvalue weighted by Crippen LogP contribution is 2.29. The Balaban J connectivity index is 1.67. The van der Waals surface area contributed by atoms with Gasteiger partial charge in [0, 0.05) is 18.7 Å². The molecule has 0 spiro atoms. The molecular weight excluding hydrogens is 381 g/mol. The first-order valence-electron chi connectivity index (χ1n) is 9.92. The van der Waals surface area contributed by atoms with Crippen molar-refractivity contribution >= 4 is 11.6 Å². The molecule has 1 unspecified atom stereocenters. The topological polar surface area (TPSA) is 62.0 Å². The van der Waals surface area contributed by atoms with Crippen LogP contribution < -0.4 is 10.9 Å². The molecule has 1 atom stereocenters. The number of pyridine rings is 1. The van der Waals surface area contributed by atoms with E-state index in [1.807, 2.05) is 0 Å². The Morgan fingerprint density at radius 1 is 1.07 bits per heavy atom. The maximum Gasteiger partial charge on any atom is 0.416 e. The van der Waals surface area contributed by atoms with Crippen LogP contribution in [0.15, 0.2) is 47.4 Å². The molecule has 4 nitrogen and oxygen atoms in total. The molecule has 158 valence electrons. The molecule has 7 heteroatoms. The fraction of sp³-hybridized carbons (Fsp3) is 0.455. The smallest absolute Gasteiger partial charge is 0.327 e. The average molecular weight is 408 g/mol. The van der Waals surface area contributed by atoms with E-state index in [2.05, 4.69) is 17.2 Å². The van der Waals surface area contributed by atoms with Gasteiger partial charge in [-0.05, 0) is 42.5 Å². The molecule has 0 aliphatic heterocycles. The summed E-state index contributed by atoms with van der Waals surface area (Å²) in [5.74, 6) is 0.329. The van der Waals surface area contributed by atoms with Crippen LogP contribution in [-0.2, 0) is 17.4 Å². The molecule has 0 bridgehead atoms. The van der Waals surface area contributed by atoms with Crippen molar-refractivity contribution in [2.75, 3.05) is 5.32 Å². The number of amides is 1. The van der Waals surface area contributed by atoms with Crippen molar-refractivity contribution < 1.29 is 18.0 Å². The van der Waals surface area contributed by atoms with E-state index in [4.69, 9.17) is 0 Å². The number of aromatic nitrogens is 1. The van der Waals surface area contributed by atoms with E-state index in [1.54, 1.807) is 18.2 Å². The molecule has 0 saturated heterocycles. The predicted molar refractivity (Wildman–Crippen MR) is 108 cm³/mol. The number of unbranched alkanes of at least 4 members (excludes halogenated alkanes) is 2. The van der Waals surface area contributed by atoms with Gasteiger partial charge in [0.05, 0.1) is 11.3 Å². The summed E-state index contributed by atoms with van der Waals surface area (Å²) in [6, 6.07) is 8.33. The fourth-order valence-electron chi connectivity index (χ4n) is 3.22. The van der Waals surface area contributed by atoms with Crippen molar-refractivity contribution in [3.63, 3.8) is 0 Å². The zero-order valence-corrected chi connectivity index (χ0v) is 16.5. The van der Waals surface area contributed by atoms with E-state index in [-0.39, 0.29) is 11.5 Å². The van der Waals surface area contributed by atoms with E-state index < -0.39 is 11.7 Å². The maximum atomic E-state index is 12.6. The zero-order valence-electron chi connectivity index (χ0n) is 16.5. The molecule has 0 radical (unpaired) electrons. The minimum Gasteiger partial charge on any atom is -0.327 e. The lowest BCUT2D eigenvalue weighted by Gasteiger charge is -2.15. The van der Waals surface area contributed by atoms with Crippen LogP contribution in [0.2, 0.25) is 0 Å². The van der Waals surface area contributed by atoms with Crippen molar-refractivity contribution in [2.45, 2.75) is 58.0 Å². The van der Waals surface area contributed by atoms with Crippen LogP contribution in [0.1, 0.15) is 56.6 Å². The van der Waals surface area contributed by atoms with Gasteiger partial charge in [-0.25, -0.2) is 0 Å². The highest BCUT2D eigenvalue weighted by molar-refractivity contribution is 5.90. The number of alkyl halides is 3. The van der Waals surface area contributed by atoms with Gasteiger partial charge < -0.3 is 10.3 Å². The first-order valence-corrected chi connectivity index (χ1v) is 9.92. The van der Waals surface area contributed by atoms with Crippen LogP contribution in [0.4, 0.5) is 18.9 Å². The largest absolute Gasteiger partial charge is 0.416 e. The van der Waals surface area contributed by atoms with Crippen LogP contribution in [0.25, 0.3) is 0 Å². The molecule has 0 fully saturated rings. The summed E-state index contributed by atoms with van der Waals surface area (Å²) in [6.07, 6.45) is 2.96. The maximum absolute atomic E-state index is 12.6. The zero-order chi connectivity index (χ0) is 21.3. The van der Waals surface area contributed by atoms with Gasteiger partial charge in [-0.3, -0.25) is 9.59 Å². The van der Waals surface area contributed by atoms with Gasteiger partial charge in [0.2, 0.25) is 11.5 Å². The molecule has 1 aromatic heterocycles. The van der Waals surface area contributed by atoms with E-state index in [0.29, 0.717) is 18.0 Å². The third-order valence-corrected chi connectivity index (χ3v) is 4.97. The minimum absolute atomic E-state index is 0.0890. The molecule has 1 amide bonds. The number of carbonyl (C=O) groups is 1. The standard InChI is InChI=1S/C22H27F3N2O2/c1-2-16(14-17-8-10-18(11-9-17)22(23,24)25)6-4-3-5-7-21(29)27-19-12-13-20(28)26-15-19/h8-13,15-16H,2-7,14H2,1H3,(H,26,28)(H,27,29). The Morgan fingerprint density at radius 3 is 2.38 bits per heavy atom. The van der Waals surface area contributed by atoms with E-state index in [9.17, 15) is 22.8 Å². The van der Waals surface area contributed by atoms with Gasteiger partial charge in [-0.15, -0.1) is 0 Å². The second-order valence-corrected chi connectivity index (χ2v) is 7.26. The van der Waals surface area contributed by atoms with Crippen LogP contribution in [0.5, 0.6) is 0 Å². The Labute approximate surface area is 168 Å². The van der Waals surface area contributed by atoms with Gasteiger partial charge in [-0.2, -0.15) is 13.2 Å². The van der Waals surface area contributed by atoms with E-state index >= 15 is 0 Å². The van der Waals surface area contributed by atoms with Crippen molar-refractivity contribution in [1.29, 1.82) is 0 Å². The third kappa shape index (κ3) is 8.13. The Kier molecular flexibility index (Phi) is 8.49. The van der Waals surface area contributed by atoms with Gasteiger partial charge >= 0.3 is 6.18 Å². The Hall–Kier alpha value is -2.57. The molecule has 29 heavy (non-hydrogen) atoms. The lowest BCUT2D eigenvalue weighted by Crippen LogP contribution is -2.13. The predicted octanol–water partition coefficient (Wildman–Crippen LogP) is 5.55. The van der Waals surface area contributed by atoms with Crippen molar-refractivity contribution in [2.24, 2.45) is 5.92 Å². The second-order valence-electron chi connectivity index (χ2n) is 7.26. The second kappa shape index (κ2) is 10.8. The van der Waals surface area contributed by atoms with Gasteiger partial charge in [0.15, 0.2) is 0 Å². The number of anilines is 1. The summed E-state index contributed by atoms with van der Waals surface area (Å²) >= 11 is 0. The number of nitrogens with one attached hydrogen (secondary N) is 2. The number of hydrogen-bond acceptors (Lipinski definition) is 2. The van der Waals surface area contributed by atoms with Crippen molar-refractivity contribution in [3.05, 3.63) is 64.1 Å². The number of benzene rings is 1. The summed E-state index contributed by atoms with van der Waals surface area (Å²) in [6.45, 7) is 2.09. The highest BCUT2D eigenvalue weighted by Gasteiger charge is 2.29. The van der Waals surface area contributed by atoms with Gasteiger partial charge in [0.1, 0.15) is 0 Å². The Morgan fingerprint density at radius 2 is 1.79 bits per heavy atom. The third-order valence-electron chi connectivity index (χ3n) is 4.97. The van der Waals surface area contributed by atoms with E-state index in [0.717, 1.165) is 56.2 Å². The lowest BCUT2D eigenvalue weighted by molar-refractivity contribution is -0.137. The normalized spacial score (nSPS) is 12.6. The average Bonchev–Trinajstić information content (AvgIpc) is 2.68. The molecular formula is C22H27F3N2O2. The summed E-state index contributed by atoms with van der Waals surface area (Å²) in [4.78, 5) is 25.4. The first-order chi connectivity index (χ1) is 13.8. The van der Waals surface area contributed by atoms with Gasteiger partial charge in [0.25, 0.3) is 0 Å². The molecule has 2 N–H and O–H groups in total. The van der Waals surface area contributed by atoms with Gasteiger partial charge in [-0.1, -0.05) is 44.7 Å². The number of carbonyl (C=O) groups excluding carboxylic acids is 1. The number of H-pyrrole nitrogens is 1. The molecule has 0 saturated carbocycles. The first kappa shape index (κ1) is 22.7. The summed E-state index contributed by atoms with van der Waals surface area (Å²) in [7, 11) is 0. The number of rotatable bonds is 10. The fourth-order valence-corrected chi connectivity index (χ4v) is 3.22. The summed E-state index contributed by atoms with van der Waals surface area (Å²) in [5.41, 5.74) is 0.654. The number of hydrogen-bond donors (Lipinski definition) is 2. The quantitative estimate of drug-likeness (QED) is 0.506. The molecule has 1 aromatic carbocycles. The molecule has 0 aliphatic rings. The molecule has 2 rings (SSSR count). The summed E-state index contributed by atoms with van der Waals surface area (Å²) in [5, 5.41) is 2.74. The van der Waals surface area contributed by atoms with Crippen molar-refractivity contribution in [1.82, 2.24) is 4.98 Å². The summed E-state index contributed by atoms with van der Waals surface area (Å²) < 4.78 is 37.9. The lowest BCUT2D eigenvalue weighted by atomic mass is 9.91. The minimum atomic E-state index is -4.30. The molecule has 1 heterocycles. The molecule has 0 aliphatic carbocycles. The van der Waals surface area contributed by atoms with Crippen molar-refractivity contribution in [3.8, 4) is 0 Å². The number of aromatic amines is 1. The number of halogens is 3. The Bertz CT molecular complexity index is 809. The SMILES string of the molecule is CCC(CCCCCC(=O)Nc1ccc(=O)[nH]c1)Cc1ccc(C(F)(F)F)cc1. The highest BCUT2D eigenvalue weighted by atomic mass is 19.4. The van der Waals surface area contributed by atoms with Crippen LogP contribution in [0.3, 0.4) is 0 Å². The van der Waals surface area contributed by atoms with Crippen LogP contribution >= 0.6 is 0 Å². The monoisotopic (exact) mass is 408 g/mol. The molecule has 2 aromatic rings.